The first-order chi connectivity index (χ1) is 17.1. The molecule has 186 valence electrons. The molecular formula is C26H24IN3O5S. The summed E-state index contributed by atoms with van der Waals surface area (Å²) in [5.41, 5.74) is 2.55. The number of carbonyl (C=O) groups is 3. The van der Waals surface area contributed by atoms with Gasteiger partial charge in [0.15, 0.2) is 0 Å². The van der Waals surface area contributed by atoms with Crippen LogP contribution < -0.4 is 10.2 Å². The van der Waals surface area contributed by atoms with Crippen molar-refractivity contribution < 1.29 is 22.8 Å². The predicted molar refractivity (Wildman–Crippen MR) is 145 cm³/mol. The monoisotopic (exact) mass is 617 g/mol. The van der Waals surface area contributed by atoms with E-state index in [-0.39, 0.29) is 23.8 Å². The van der Waals surface area contributed by atoms with E-state index in [4.69, 9.17) is 0 Å². The Bertz CT molecular complexity index is 1410. The van der Waals surface area contributed by atoms with Crippen LogP contribution in [0.5, 0.6) is 0 Å². The molecule has 0 saturated carbocycles. The second-order valence-electron chi connectivity index (χ2n) is 8.51. The molecule has 1 fully saturated rings. The van der Waals surface area contributed by atoms with Crippen LogP contribution in [0.3, 0.4) is 0 Å². The molecule has 1 saturated heterocycles. The predicted octanol–water partition coefficient (Wildman–Crippen LogP) is 4.08. The lowest BCUT2D eigenvalue weighted by Crippen LogP contribution is -2.45. The zero-order chi connectivity index (χ0) is 26.0. The van der Waals surface area contributed by atoms with Crippen molar-refractivity contribution >= 4 is 61.7 Å². The van der Waals surface area contributed by atoms with E-state index < -0.39 is 27.9 Å². The van der Waals surface area contributed by atoms with Crippen molar-refractivity contribution in [3.05, 3.63) is 87.5 Å². The van der Waals surface area contributed by atoms with Gasteiger partial charge in [-0.3, -0.25) is 14.4 Å². The van der Waals surface area contributed by atoms with Crippen molar-refractivity contribution in [1.82, 2.24) is 4.31 Å². The first kappa shape index (κ1) is 26.0. The van der Waals surface area contributed by atoms with Gasteiger partial charge in [-0.25, -0.2) is 13.3 Å². The summed E-state index contributed by atoms with van der Waals surface area (Å²) in [4.78, 5) is 38.8. The molecule has 1 aliphatic heterocycles. The lowest BCUT2D eigenvalue weighted by atomic mass is 10.1. The van der Waals surface area contributed by atoms with Crippen molar-refractivity contribution in [1.29, 1.82) is 0 Å². The van der Waals surface area contributed by atoms with Crippen molar-refractivity contribution in [2.24, 2.45) is 0 Å². The molecule has 0 bridgehead atoms. The van der Waals surface area contributed by atoms with Crippen LogP contribution in [-0.2, 0) is 31.0 Å². The Balaban J connectivity index is 1.72. The van der Waals surface area contributed by atoms with Crippen LogP contribution in [0.1, 0.15) is 24.5 Å². The van der Waals surface area contributed by atoms with E-state index in [1.165, 1.54) is 31.2 Å². The van der Waals surface area contributed by atoms with Crippen LogP contribution in [0.25, 0.3) is 0 Å². The molecule has 3 aromatic rings. The van der Waals surface area contributed by atoms with Gasteiger partial charge >= 0.3 is 0 Å². The fraction of sp³-hybridized carbons (Fsp3) is 0.192. The van der Waals surface area contributed by atoms with Crippen LogP contribution in [0.15, 0.2) is 77.7 Å². The summed E-state index contributed by atoms with van der Waals surface area (Å²) in [7, 11) is -4.19. The maximum atomic E-state index is 13.8. The molecule has 1 N–H and O–H groups in total. The summed E-state index contributed by atoms with van der Waals surface area (Å²) in [6.07, 6.45) is -0.264. The molecule has 0 spiro atoms. The summed E-state index contributed by atoms with van der Waals surface area (Å²) in [5.74, 6) is -1.33. The van der Waals surface area contributed by atoms with Gasteiger partial charge in [0.05, 0.1) is 17.0 Å². The molecular weight excluding hydrogens is 593 g/mol. The molecule has 3 aromatic carbocycles. The normalized spacial score (nSPS) is 16.0. The van der Waals surface area contributed by atoms with Gasteiger partial charge in [0, 0.05) is 22.7 Å². The number of imide groups is 1. The third-order valence-corrected chi connectivity index (χ3v) is 8.38. The second kappa shape index (κ2) is 10.5. The minimum atomic E-state index is -4.19. The largest absolute Gasteiger partial charge is 0.326 e. The first-order valence-corrected chi connectivity index (χ1v) is 13.7. The van der Waals surface area contributed by atoms with E-state index in [0.29, 0.717) is 16.9 Å². The average molecular weight is 617 g/mol. The van der Waals surface area contributed by atoms with E-state index in [1.54, 1.807) is 36.4 Å². The lowest BCUT2D eigenvalue weighted by molar-refractivity contribution is -0.122. The molecule has 3 amide bonds. The van der Waals surface area contributed by atoms with Crippen molar-refractivity contribution in [3.8, 4) is 0 Å². The summed E-state index contributed by atoms with van der Waals surface area (Å²) < 4.78 is 29.7. The first-order valence-electron chi connectivity index (χ1n) is 11.1. The number of hydrogen-bond acceptors (Lipinski definition) is 5. The third kappa shape index (κ3) is 5.50. The van der Waals surface area contributed by atoms with E-state index in [0.717, 1.165) is 18.3 Å². The molecule has 1 aliphatic rings. The van der Waals surface area contributed by atoms with Gasteiger partial charge in [0.1, 0.15) is 6.04 Å². The highest BCUT2D eigenvalue weighted by atomic mass is 127. The number of sulfonamides is 1. The van der Waals surface area contributed by atoms with Crippen LogP contribution in [0.2, 0.25) is 0 Å². The number of rotatable bonds is 7. The fourth-order valence-electron chi connectivity index (χ4n) is 3.99. The molecule has 0 aliphatic carbocycles. The third-order valence-electron chi connectivity index (χ3n) is 5.80. The molecule has 10 heteroatoms. The number of benzene rings is 3. The number of hydrogen-bond donors (Lipinski definition) is 1. The quantitative estimate of drug-likeness (QED) is 0.318. The SMILES string of the molecule is CC(=O)Nc1ccc(S(=O)(=O)N(Cc2ccc(C)cc2)C2CC(=O)N(c3ccc(I)cc3)C2=O)cc1. The lowest BCUT2D eigenvalue weighted by Gasteiger charge is -2.27. The molecule has 36 heavy (non-hydrogen) atoms. The van der Waals surface area contributed by atoms with E-state index in [2.05, 4.69) is 27.9 Å². The van der Waals surface area contributed by atoms with Crippen LogP contribution in [0, 0.1) is 10.5 Å². The number of nitrogens with zero attached hydrogens (tertiary/aromatic N) is 2. The number of halogens is 1. The zero-order valence-electron chi connectivity index (χ0n) is 19.6. The molecule has 1 atom stereocenters. The van der Waals surface area contributed by atoms with Gasteiger partial charge in [-0.1, -0.05) is 29.8 Å². The highest BCUT2D eigenvalue weighted by Gasteiger charge is 2.47. The Morgan fingerprint density at radius 3 is 2.19 bits per heavy atom. The summed E-state index contributed by atoms with van der Waals surface area (Å²) in [5, 5.41) is 2.60. The van der Waals surface area contributed by atoms with Gasteiger partial charge in [-0.05, 0) is 83.6 Å². The number of anilines is 2. The van der Waals surface area contributed by atoms with Crippen molar-refractivity contribution in [2.45, 2.75) is 37.8 Å². The average Bonchev–Trinajstić information content (AvgIpc) is 3.12. The van der Waals surface area contributed by atoms with Crippen LogP contribution >= 0.6 is 22.6 Å². The highest BCUT2D eigenvalue weighted by molar-refractivity contribution is 14.1. The van der Waals surface area contributed by atoms with E-state index in [1.807, 2.05) is 19.1 Å². The maximum Gasteiger partial charge on any atom is 0.252 e. The van der Waals surface area contributed by atoms with Gasteiger partial charge < -0.3 is 5.32 Å². The Hall–Kier alpha value is -3.09. The summed E-state index contributed by atoms with van der Waals surface area (Å²) >= 11 is 2.13. The smallest absolute Gasteiger partial charge is 0.252 e. The van der Waals surface area contributed by atoms with E-state index in [9.17, 15) is 22.8 Å². The molecule has 4 rings (SSSR count). The number of amides is 3. The Labute approximate surface area is 223 Å². The second-order valence-corrected chi connectivity index (χ2v) is 11.6. The van der Waals surface area contributed by atoms with Gasteiger partial charge in [-0.15, -0.1) is 0 Å². The van der Waals surface area contributed by atoms with Crippen LogP contribution in [-0.4, -0.2) is 36.5 Å². The molecule has 1 unspecified atom stereocenters. The fourth-order valence-corrected chi connectivity index (χ4v) is 5.92. The summed E-state index contributed by atoms with van der Waals surface area (Å²) in [6.45, 7) is 3.20. The minimum Gasteiger partial charge on any atom is -0.326 e. The van der Waals surface area contributed by atoms with Gasteiger partial charge in [-0.2, -0.15) is 4.31 Å². The summed E-state index contributed by atoms with van der Waals surface area (Å²) in [6, 6.07) is 18.7. The standard InChI is InChI=1S/C26H24IN3O5S/c1-17-3-5-19(6-4-17)16-29(36(34,35)23-13-9-21(10-14-23)28-18(2)31)24-15-25(32)30(26(24)33)22-11-7-20(27)8-12-22/h3-14,24H,15-16H2,1-2H3,(H,28,31). The minimum absolute atomic E-state index is 0.0447. The Morgan fingerprint density at radius 1 is 1.00 bits per heavy atom. The van der Waals surface area contributed by atoms with Gasteiger partial charge in [0.2, 0.25) is 21.8 Å². The molecule has 1 heterocycles. The number of carbonyl (C=O) groups excluding carboxylic acids is 3. The van der Waals surface area contributed by atoms with E-state index >= 15 is 0 Å². The van der Waals surface area contributed by atoms with Crippen LogP contribution in [0.4, 0.5) is 11.4 Å². The topological polar surface area (TPSA) is 104 Å². The number of nitrogens with one attached hydrogen (secondary N) is 1. The molecule has 0 radical (unpaired) electrons. The zero-order valence-corrected chi connectivity index (χ0v) is 22.6. The highest BCUT2D eigenvalue weighted by Crippen LogP contribution is 2.31. The van der Waals surface area contributed by atoms with Gasteiger partial charge in [0.25, 0.3) is 5.91 Å². The van der Waals surface area contributed by atoms with Crippen molar-refractivity contribution in [2.75, 3.05) is 10.2 Å². The molecule has 0 aromatic heterocycles. The maximum absolute atomic E-state index is 13.8. The van der Waals surface area contributed by atoms with Crippen molar-refractivity contribution in [3.63, 3.8) is 0 Å². The molecule has 8 nitrogen and oxygen atoms in total. The Kier molecular flexibility index (Phi) is 7.57. The number of aryl methyl sites for hydroxylation is 1. The Morgan fingerprint density at radius 2 is 1.61 bits per heavy atom.